The molecule has 9 heteroatoms. The van der Waals surface area contributed by atoms with E-state index in [0.29, 0.717) is 25.3 Å². The minimum Gasteiger partial charge on any atom is -0.504 e. The summed E-state index contributed by atoms with van der Waals surface area (Å²) in [7, 11) is 3.19. The quantitative estimate of drug-likeness (QED) is 0.0456. The molecule has 0 atom stereocenters. The standard InChI is InChI=1S/C31H44N2O5S2/c1-2-3-4-5-6-7-8-9-10-11-12-13-14-15-16-17-18-19-29(36)32-20-22-39-40-23-21-33-31(38)26-24-27(34)30(37)28(35)25-26/h3-4,6-7,9-10,12-13,15-16,24-25,34-35,37H,2,5,8,11,14,17-23H2,1H3,(H,32,36)(H,33,38). The molecule has 0 aliphatic heterocycles. The van der Waals surface area contributed by atoms with Crippen LogP contribution in [0.15, 0.2) is 72.9 Å². The van der Waals surface area contributed by atoms with Gasteiger partial charge >= 0.3 is 0 Å². The summed E-state index contributed by atoms with van der Waals surface area (Å²) in [4.78, 5) is 24.0. The smallest absolute Gasteiger partial charge is 0.251 e. The van der Waals surface area contributed by atoms with Gasteiger partial charge in [-0.3, -0.25) is 9.59 Å². The second-order valence-corrected chi connectivity index (χ2v) is 11.4. The van der Waals surface area contributed by atoms with E-state index in [4.69, 9.17) is 0 Å². The zero-order valence-corrected chi connectivity index (χ0v) is 25.0. The largest absolute Gasteiger partial charge is 0.504 e. The van der Waals surface area contributed by atoms with Crippen molar-refractivity contribution in [2.75, 3.05) is 24.6 Å². The van der Waals surface area contributed by atoms with Gasteiger partial charge in [-0.1, -0.05) is 89.3 Å². The SMILES string of the molecule is CCC=CCC=CCC=CCC=CCC=CCCCC(=O)NCCSSCCNC(=O)c1cc(O)c(O)c(O)c1. The summed E-state index contributed by atoms with van der Waals surface area (Å²) in [5, 5.41) is 33.9. The van der Waals surface area contributed by atoms with Gasteiger partial charge < -0.3 is 26.0 Å². The molecule has 1 aromatic carbocycles. The Kier molecular flexibility index (Phi) is 20.8. The molecule has 40 heavy (non-hydrogen) atoms. The Labute approximate surface area is 247 Å². The molecule has 0 aliphatic rings. The van der Waals surface area contributed by atoms with Crippen LogP contribution in [0.2, 0.25) is 0 Å². The molecule has 1 rings (SSSR count). The maximum Gasteiger partial charge on any atom is 0.251 e. The van der Waals surface area contributed by atoms with Gasteiger partial charge in [0.05, 0.1) is 0 Å². The summed E-state index contributed by atoms with van der Waals surface area (Å²) in [6.45, 7) is 3.14. The van der Waals surface area contributed by atoms with Crippen molar-refractivity contribution in [3.05, 3.63) is 78.5 Å². The van der Waals surface area contributed by atoms with E-state index in [-0.39, 0.29) is 11.5 Å². The molecule has 0 radical (unpaired) electrons. The fraction of sp³-hybridized carbons (Fsp3) is 0.419. The molecule has 0 bridgehead atoms. The van der Waals surface area contributed by atoms with Crippen molar-refractivity contribution in [3.8, 4) is 17.2 Å². The Morgan fingerprint density at radius 3 is 1.73 bits per heavy atom. The van der Waals surface area contributed by atoms with Crippen molar-refractivity contribution in [2.45, 2.75) is 58.3 Å². The van der Waals surface area contributed by atoms with Crippen LogP contribution in [-0.2, 0) is 4.79 Å². The second kappa shape index (κ2) is 23.8. The number of nitrogens with one attached hydrogen (secondary N) is 2. The van der Waals surface area contributed by atoms with Gasteiger partial charge in [0, 0.05) is 36.6 Å². The van der Waals surface area contributed by atoms with Crippen LogP contribution in [0.5, 0.6) is 17.2 Å². The monoisotopic (exact) mass is 588 g/mol. The summed E-state index contributed by atoms with van der Waals surface area (Å²) >= 11 is 0. The maximum atomic E-state index is 12.0. The molecule has 0 fully saturated rings. The topological polar surface area (TPSA) is 119 Å². The second-order valence-electron chi connectivity index (χ2n) is 8.71. The highest BCUT2D eigenvalue weighted by Crippen LogP contribution is 2.35. The van der Waals surface area contributed by atoms with E-state index in [0.717, 1.165) is 62.8 Å². The highest BCUT2D eigenvalue weighted by Gasteiger charge is 2.13. The van der Waals surface area contributed by atoms with Gasteiger partial charge in [0.2, 0.25) is 5.91 Å². The van der Waals surface area contributed by atoms with Gasteiger partial charge in [0.25, 0.3) is 5.91 Å². The molecular formula is C31H44N2O5S2. The van der Waals surface area contributed by atoms with E-state index < -0.39 is 23.2 Å². The lowest BCUT2D eigenvalue weighted by Gasteiger charge is -2.07. The number of hydrogen-bond acceptors (Lipinski definition) is 7. The van der Waals surface area contributed by atoms with Crippen LogP contribution in [0.4, 0.5) is 0 Å². The Balaban J connectivity index is 1.95. The van der Waals surface area contributed by atoms with Crippen LogP contribution in [0.3, 0.4) is 0 Å². The van der Waals surface area contributed by atoms with Crippen molar-refractivity contribution in [3.63, 3.8) is 0 Å². The molecule has 0 spiro atoms. The van der Waals surface area contributed by atoms with E-state index in [9.17, 15) is 24.9 Å². The summed E-state index contributed by atoms with van der Waals surface area (Å²) in [6.07, 6.45) is 28.9. The first-order valence-corrected chi connectivity index (χ1v) is 16.2. The number of allylic oxidation sites excluding steroid dienone is 10. The Hall–Kier alpha value is -3.04. The van der Waals surface area contributed by atoms with E-state index in [1.165, 1.54) is 0 Å². The van der Waals surface area contributed by atoms with E-state index >= 15 is 0 Å². The number of benzene rings is 1. The first-order valence-electron chi connectivity index (χ1n) is 13.7. The number of amides is 2. The van der Waals surface area contributed by atoms with Crippen LogP contribution in [0.1, 0.15) is 68.6 Å². The molecule has 0 unspecified atom stereocenters. The van der Waals surface area contributed by atoms with Gasteiger partial charge in [-0.25, -0.2) is 0 Å². The average molecular weight is 589 g/mol. The number of aromatic hydroxyl groups is 3. The fourth-order valence-electron chi connectivity index (χ4n) is 3.23. The average Bonchev–Trinajstić information content (AvgIpc) is 2.94. The lowest BCUT2D eigenvalue weighted by atomic mass is 10.1. The summed E-state index contributed by atoms with van der Waals surface area (Å²) in [5.74, 6) is -0.718. The predicted molar refractivity (Wildman–Crippen MR) is 170 cm³/mol. The molecule has 2 amide bonds. The van der Waals surface area contributed by atoms with Crippen LogP contribution < -0.4 is 10.6 Å². The molecule has 0 aromatic heterocycles. The minimum atomic E-state index is -0.652. The van der Waals surface area contributed by atoms with Crippen LogP contribution >= 0.6 is 21.6 Å². The molecule has 0 saturated heterocycles. The fourth-order valence-corrected chi connectivity index (χ4v) is 5.04. The zero-order chi connectivity index (χ0) is 29.3. The number of hydrogen-bond donors (Lipinski definition) is 5. The number of phenols is 3. The highest BCUT2D eigenvalue weighted by atomic mass is 33.1. The Morgan fingerprint density at radius 1 is 0.725 bits per heavy atom. The van der Waals surface area contributed by atoms with Crippen LogP contribution in [0.25, 0.3) is 0 Å². The number of phenolic OH excluding ortho intramolecular Hbond substituents is 3. The molecular weight excluding hydrogens is 544 g/mol. The lowest BCUT2D eigenvalue weighted by molar-refractivity contribution is -0.121. The van der Waals surface area contributed by atoms with E-state index in [2.05, 4.69) is 78.3 Å². The molecule has 5 N–H and O–H groups in total. The summed E-state index contributed by atoms with van der Waals surface area (Å²) in [6, 6.07) is 2.19. The van der Waals surface area contributed by atoms with Crippen molar-refractivity contribution < 1.29 is 24.9 Å². The van der Waals surface area contributed by atoms with Gasteiger partial charge in [0.15, 0.2) is 17.2 Å². The molecule has 0 saturated carbocycles. The van der Waals surface area contributed by atoms with Crippen molar-refractivity contribution in [1.29, 1.82) is 0 Å². The van der Waals surface area contributed by atoms with Crippen LogP contribution in [0, 0.1) is 0 Å². The van der Waals surface area contributed by atoms with Gasteiger partial charge in [-0.05, 0) is 57.1 Å². The minimum absolute atomic E-state index is 0.0608. The molecule has 0 heterocycles. The number of unbranched alkanes of at least 4 members (excludes halogenated alkanes) is 1. The normalized spacial score (nSPS) is 12.0. The summed E-state index contributed by atoms with van der Waals surface area (Å²) in [5.41, 5.74) is 0.0644. The third-order valence-electron chi connectivity index (χ3n) is 5.33. The maximum absolute atomic E-state index is 12.0. The van der Waals surface area contributed by atoms with Crippen molar-refractivity contribution in [1.82, 2.24) is 10.6 Å². The van der Waals surface area contributed by atoms with E-state index in [1.54, 1.807) is 21.6 Å². The third-order valence-corrected chi connectivity index (χ3v) is 7.73. The molecule has 7 nitrogen and oxygen atoms in total. The first kappa shape index (κ1) is 35.0. The summed E-state index contributed by atoms with van der Waals surface area (Å²) < 4.78 is 0. The first-order chi connectivity index (χ1) is 19.5. The number of carbonyl (C=O) groups is 2. The molecule has 220 valence electrons. The van der Waals surface area contributed by atoms with Gasteiger partial charge in [-0.2, -0.15) is 0 Å². The molecule has 1 aromatic rings. The molecule has 0 aliphatic carbocycles. The predicted octanol–water partition coefficient (Wildman–Crippen LogP) is 6.95. The lowest BCUT2D eigenvalue weighted by Crippen LogP contribution is -2.26. The van der Waals surface area contributed by atoms with Crippen LogP contribution in [-0.4, -0.2) is 51.7 Å². The number of rotatable bonds is 21. The Morgan fingerprint density at radius 2 is 1.20 bits per heavy atom. The number of carbonyl (C=O) groups excluding carboxylic acids is 2. The van der Waals surface area contributed by atoms with Crippen molar-refractivity contribution >= 4 is 33.4 Å². The zero-order valence-electron chi connectivity index (χ0n) is 23.4. The highest BCUT2D eigenvalue weighted by molar-refractivity contribution is 8.76. The Bertz CT molecular complexity index is 996. The third kappa shape index (κ3) is 18.3. The van der Waals surface area contributed by atoms with Crippen molar-refractivity contribution in [2.24, 2.45) is 0 Å². The van der Waals surface area contributed by atoms with Gasteiger partial charge in [0.1, 0.15) is 0 Å². The van der Waals surface area contributed by atoms with E-state index in [1.807, 2.05) is 0 Å². The van der Waals surface area contributed by atoms with Gasteiger partial charge in [-0.15, -0.1) is 0 Å².